The van der Waals surface area contributed by atoms with Crippen molar-refractivity contribution in [1.29, 1.82) is 0 Å². The van der Waals surface area contributed by atoms with Crippen LogP contribution in [0.25, 0.3) is 0 Å². The Morgan fingerprint density at radius 1 is 1.25 bits per heavy atom. The number of hydrogen-bond donors (Lipinski definition) is 1. The Bertz CT molecular complexity index is 529. The number of nitrogens with one attached hydrogen (secondary N) is 1. The Balaban J connectivity index is 1.59. The van der Waals surface area contributed by atoms with Crippen LogP contribution in [0.2, 0.25) is 0 Å². The van der Waals surface area contributed by atoms with E-state index in [9.17, 15) is 0 Å². The van der Waals surface area contributed by atoms with Gasteiger partial charge in [-0.15, -0.1) is 0 Å². The fraction of sp³-hybridized carbons (Fsp3) is 0.375. The van der Waals surface area contributed by atoms with Gasteiger partial charge in [-0.3, -0.25) is 4.90 Å². The zero-order valence-corrected chi connectivity index (χ0v) is 11.7. The van der Waals surface area contributed by atoms with E-state index in [1.165, 1.54) is 5.56 Å². The van der Waals surface area contributed by atoms with Crippen molar-refractivity contribution in [3.63, 3.8) is 0 Å². The van der Waals surface area contributed by atoms with Gasteiger partial charge in [-0.25, -0.2) is 9.97 Å². The number of aromatic nitrogens is 2. The van der Waals surface area contributed by atoms with Crippen molar-refractivity contribution in [2.24, 2.45) is 0 Å². The van der Waals surface area contributed by atoms with Crippen LogP contribution in [0, 0.1) is 0 Å². The van der Waals surface area contributed by atoms with E-state index in [1.807, 2.05) is 6.07 Å². The second-order valence-electron chi connectivity index (χ2n) is 5.44. The Morgan fingerprint density at radius 3 is 2.85 bits per heavy atom. The summed E-state index contributed by atoms with van der Waals surface area (Å²) in [5.74, 6) is 0.916. The molecule has 3 rings (SSSR count). The predicted molar refractivity (Wildman–Crippen MR) is 80.4 cm³/mol. The highest BCUT2D eigenvalue weighted by molar-refractivity contribution is 5.33. The zero-order valence-electron chi connectivity index (χ0n) is 11.7. The summed E-state index contributed by atoms with van der Waals surface area (Å²) in [4.78, 5) is 10.7. The van der Waals surface area contributed by atoms with Crippen LogP contribution in [0.4, 0.5) is 5.82 Å². The van der Waals surface area contributed by atoms with E-state index in [-0.39, 0.29) is 0 Å². The highest BCUT2D eigenvalue weighted by atomic mass is 15.2. The molecule has 0 radical (unpaired) electrons. The van der Waals surface area contributed by atoms with Gasteiger partial charge in [0.2, 0.25) is 0 Å². The van der Waals surface area contributed by atoms with Gasteiger partial charge in [0.05, 0.1) is 0 Å². The highest BCUT2D eigenvalue weighted by Crippen LogP contribution is 2.22. The van der Waals surface area contributed by atoms with Gasteiger partial charge in [0.25, 0.3) is 0 Å². The smallest absolute Gasteiger partial charge is 0.129 e. The summed E-state index contributed by atoms with van der Waals surface area (Å²) in [5, 5.41) is 3.49. The molecule has 4 heteroatoms. The van der Waals surface area contributed by atoms with E-state index < -0.39 is 0 Å². The molecule has 0 saturated carbocycles. The first kappa shape index (κ1) is 13.1. The number of benzene rings is 1. The summed E-state index contributed by atoms with van der Waals surface area (Å²) in [7, 11) is 0. The lowest BCUT2D eigenvalue weighted by molar-refractivity contribution is 0.259. The minimum absolute atomic E-state index is 0.462. The van der Waals surface area contributed by atoms with Crippen LogP contribution in [-0.2, 0) is 6.54 Å². The van der Waals surface area contributed by atoms with Crippen molar-refractivity contribution in [1.82, 2.24) is 14.9 Å². The number of hydrogen-bond acceptors (Lipinski definition) is 4. The van der Waals surface area contributed by atoms with Crippen LogP contribution >= 0.6 is 0 Å². The summed E-state index contributed by atoms with van der Waals surface area (Å²) < 4.78 is 0. The maximum Gasteiger partial charge on any atom is 0.129 e. The monoisotopic (exact) mass is 268 g/mol. The molecule has 2 aromatic rings. The molecule has 0 spiro atoms. The summed E-state index contributed by atoms with van der Waals surface area (Å²) in [6.45, 7) is 4.37. The molecule has 1 aromatic carbocycles. The molecule has 4 nitrogen and oxygen atoms in total. The minimum Gasteiger partial charge on any atom is -0.366 e. The van der Waals surface area contributed by atoms with E-state index >= 15 is 0 Å². The van der Waals surface area contributed by atoms with E-state index in [2.05, 4.69) is 57.4 Å². The first-order chi connectivity index (χ1) is 9.81. The third-order valence-electron chi connectivity index (χ3n) is 3.87. The molecule has 0 amide bonds. The maximum absolute atomic E-state index is 4.24. The predicted octanol–water partition coefficient (Wildman–Crippen LogP) is 2.55. The highest BCUT2D eigenvalue weighted by Gasteiger charge is 2.28. The van der Waals surface area contributed by atoms with Crippen molar-refractivity contribution in [2.45, 2.75) is 32.0 Å². The second kappa shape index (κ2) is 6.01. The van der Waals surface area contributed by atoms with Crippen LogP contribution in [0.15, 0.2) is 48.9 Å². The summed E-state index contributed by atoms with van der Waals surface area (Å²) in [5.41, 5.74) is 1.38. The molecule has 0 bridgehead atoms. The van der Waals surface area contributed by atoms with Gasteiger partial charge in [0.1, 0.15) is 12.1 Å². The largest absolute Gasteiger partial charge is 0.366 e. The first-order valence-corrected chi connectivity index (χ1v) is 7.12. The topological polar surface area (TPSA) is 41.1 Å². The third kappa shape index (κ3) is 3.14. The minimum atomic E-state index is 0.462. The van der Waals surface area contributed by atoms with Gasteiger partial charge >= 0.3 is 0 Å². The standard InChI is InChI=1S/C16H20N4/c1-13-9-15(19-16-7-8-17-12-18-16)11-20(13)10-14-5-3-2-4-6-14/h2-8,12-13,15H,9-11H2,1H3,(H,17,18,19). The fourth-order valence-electron chi connectivity index (χ4n) is 2.83. The first-order valence-electron chi connectivity index (χ1n) is 7.12. The molecule has 1 fully saturated rings. The van der Waals surface area contributed by atoms with E-state index in [0.717, 1.165) is 25.3 Å². The van der Waals surface area contributed by atoms with Crippen LogP contribution in [0.5, 0.6) is 0 Å². The Labute approximate surface area is 119 Å². The van der Waals surface area contributed by atoms with E-state index in [0.29, 0.717) is 12.1 Å². The van der Waals surface area contributed by atoms with Crippen LogP contribution in [0.3, 0.4) is 0 Å². The molecule has 20 heavy (non-hydrogen) atoms. The maximum atomic E-state index is 4.24. The van der Waals surface area contributed by atoms with Crippen LogP contribution < -0.4 is 5.32 Å². The lowest BCUT2D eigenvalue weighted by Gasteiger charge is -2.20. The van der Waals surface area contributed by atoms with Gasteiger partial charge in [-0.2, -0.15) is 0 Å². The van der Waals surface area contributed by atoms with Crippen molar-refractivity contribution < 1.29 is 0 Å². The van der Waals surface area contributed by atoms with Crippen molar-refractivity contribution >= 4 is 5.82 Å². The third-order valence-corrected chi connectivity index (χ3v) is 3.87. The van der Waals surface area contributed by atoms with Crippen molar-refractivity contribution in [3.8, 4) is 0 Å². The SMILES string of the molecule is CC1CC(Nc2ccncn2)CN1Cc1ccccc1. The molecule has 1 aliphatic rings. The van der Waals surface area contributed by atoms with Gasteiger partial charge < -0.3 is 5.32 Å². The fourth-order valence-corrected chi connectivity index (χ4v) is 2.83. The summed E-state index contributed by atoms with van der Waals surface area (Å²) in [6, 6.07) is 13.6. The van der Waals surface area contributed by atoms with Crippen LogP contribution in [-0.4, -0.2) is 33.5 Å². The molecule has 1 aromatic heterocycles. The number of anilines is 1. The van der Waals surface area contributed by atoms with Gasteiger partial charge in [0, 0.05) is 31.4 Å². The quantitative estimate of drug-likeness (QED) is 0.925. The number of rotatable bonds is 4. The molecule has 1 N–H and O–H groups in total. The average molecular weight is 268 g/mol. The molecule has 0 aliphatic carbocycles. The van der Waals surface area contributed by atoms with Crippen molar-refractivity contribution in [3.05, 3.63) is 54.5 Å². The van der Waals surface area contributed by atoms with E-state index in [1.54, 1.807) is 12.5 Å². The number of likely N-dealkylation sites (tertiary alicyclic amines) is 1. The Hall–Kier alpha value is -1.94. The number of nitrogens with zero attached hydrogens (tertiary/aromatic N) is 3. The zero-order chi connectivity index (χ0) is 13.8. The average Bonchev–Trinajstić information content (AvgIpc) is 2.81. The molecule has 2 unspecified atom stereocenters. The van der Waals surface area contributed by atoms with Crippen molar-refractivity contribution in [2.75, 3.05) is 11.9 Å². The normalized spacial score (nSPS) is 22.9. The summed E-state index contributed by atoms with van der Waals surface area (Å²) in [6.07, 6.45) is 4.51. The van der Waals surface area contributed by atoms with E-state index in [4.69, 9.17) is 0 Å². The lowest BCUT2D eigenvalue weighted by Crippen LogP contribution is -2.28. The van der Waals surface area contributed by atoms with Gasteiger partial charge in [-0.1, -0.05) is 30.3 Å². The molecule has 104 valence electrons. The Kier molecular flexibility index (Phi) is 3.92. The molecule has 1 saturated heterocycles. The molecule has 1 aliphatic heterocycles. The molecule has 2 atom stereocenters. The molecular weight excluding hydrogens is 248 g/mol. The summed E-state index contributed by atoms with van der Waals surface area (Å²) >= 11 is 0. The second-order valence-corrected chi connectivity index (χ2v) is 5.44. The van der Waals surface area contributed by atoms with Gasteiger partial charge in [-0.05, 0) is 25.0 Å². The molecule has 2 heterocycles. The Morgan fingerprint density at radius 2 is 2.10 bits per heavy atom. The molecular formula is C16H20N4. The van der Waals surface area contributed by atoms with Gasteiger partial charge in [0.15, 0.2) is 0 Å². The lowest BCUT2D eigenvalue weighted by atomic mass is 10.2. The van der Waals surface area contributed by atoms with Crippen LogP contribution in [0.1, 0.15) is 18.9 Å².